The molecule has 0 saturated heterocycles. The Labute approximate surface area is 138 Å². The maximum absolute atomic E-state index is 12.7. The molecule has 0 unspecified atom stereocenters. The van der Waals surface area contributed by atoms with E-state index in [0.29, 0.717) is 0 Å². The summed E-state index contributed by atoms with van der Waals surface area (Å²) in [5.41, 5.74) is -1.11. The molecule has 0 saturated carbocycles. The van der Waals surface area contributed by atoms with E-state index >= 15 is 0 Å². The predicted octanol–water partition coefficient (Wildman–Crippen LogP) is 3.28. The van der Waals surface area contributed by atoms with Gasteiger partial charge in [0.2, 0.25) is 5.91 Å². The second-order valence-electron chi connectivity index (χ2n) is 4.79. The minimum Gasteiger partial charge on any atom is -0.478 e. The molecule has 0 radical (unpaired) electrons. The zero-order chi connectivity index (χ0) is 17.9. The molecule has 0 aliphatic rings. The predicted molar refractivity (Wildman–Crippen MR) is 78.9 cm³/mol. The van der Waals surface area contributed by atoms with Crippen LogP contribution in [0.4, 0.5) is 18.9 Å². The second-order valence-corrected chi connectivity index (χ2v) is 5.19. The molecule has 0 atom stereocenters. The number of rotatable bonds is 5. The Hall–Kier alpha value is -2.55. The smallest absolute Gasteiger partial charge is 0.416 e. The van der Waals surface area contributed by atoms with Gasteiger partial charge in [-0.15, -0.1) is 0 Å². The van der Waals surface area contributed by atoms with Crippen LogP contribution < -0.4 is 5.32 Å². The Morgan fingerprint density at radius 1 is 1.33 bits per heavy atom. The number of amides is 1. The van der Waals surface area contributed by atoms with Crippen molar-refractivity contribution in [3.05, 3.63) is 46.7 Å². The Bertz CT molecular complexity index is 774. The van der Waals surface area contributed by atoms with E-state index in [1.54, 1.807) is 0 Å². The normalized spacial score (nSPS) is 11.3. The number of hydrogen-bond acceptors (Lipinski definition) is 3. The Balaban J connectivity index is 2.00. The molecule has 0 spiro atoms. The molecule has 0 bridgehead atoms. The highest BCUT2D eigenvalue weighted by Gasteiger charge is 2.31. The van der Waals surface area contributed by atoms with Gasteiger partial charge in [0, 0.05) is 19.2 Å². The molecule has 0 aliphatic carbocycles. The van der Waals surface area contributed by atoms with Gasteiger partial charge in [-0.25, -0.2) is 4.79 Å². The van der Waals surface area contributed by atoms with E-state index in [4.69, 9.17) is 16.7 Å². The molecule has 0 aliphatic heterocycles. The first-order valence-corrected chi connectivity index (χ1v) is 6.97. The Morgan fingerprint density at radius 2 is 2.04 bits per heavy atom. The summed E-state index contributed by atoms with van der Waals surface area (Å²) in [5, 5.41) is 14.8. The number of carbonyl (C=O) groups is 2. The first kappa shape index (κ1) is 17.8. The molecule has 1 aromatic carbocycles. The van der Waals surface area contributed by atoms with Gasteiger partial charge in [0.15, 0.2) is 0 Å². The maximum Gasteiger partial charge on any atom is 0.416 e. The lowest BCUT2D eigenvalue weighted by atomic mass is 10.2. The molecular formula is C14H11ClF3N3O3. The van der Waals surface area contributed by atoms with Crippen molar-refractivity contribution in [2.45, 2.75) is 19.1 Å². The molecule has 1 amide bonds. The number of aromatic carboxylic acids is 1. The van der Waals surface area contributed by atoms with Gasteiger partial charge >= 0.3 is 12.1 Å². The summed E-state index contributed by atoms with van der Waals surface area (Å²) in [5.74, 6) is -1.73. The van der Waals surface area contributed by atoms with Gasteiger partial charge in [-0.2, -0.15) is 18.3 Å². The van der Waals surface area contributed by atoms with Crippen molar-refractivity contribution in [1.29, 1.82) is 0 Å². The van der Waals surface area contributed by atoms with Crippen LogP contribution in [0.3, 0.4) is 0 Å². The second kappa shape index (κ2) is 6.91. The Kier molecular flexibility index (Phi) is 5.13. The number of halogens is 4. The van der Waals surface area contributed by atoms with E-state index < -0.39 is 23.6 Å². The summed E-state index contributed by atoms with van der Waals surface area (Å²) >= 11 is 5.78. The summed E-state index contributed by atoms with van der Waals surface area (Å²) in [6.45, 7) is 0.0652. The molecule has 6 nitrogen and oxygen atoms in total. The van der Waals surface area contributed by atoms with Crippen LogP contribution in [-0.2, 0) is 17.5 Å². The van der Waals surface area contributed by atoms with Crippen molar-refractivity contribution < 1.29 is 27.9 Å². The highest BCUT2D eigenvalue weighted by atomic mass is 35.5. The van der Waals surface area contributed by atoms with Crippen molar-refractivity contribution in [2.75, 3.05) is 5.32 Å². The molecule has 0 fully saturated rings. The van der Waals surface area contributed by atoms with Crippen LogP contribution >= 0.6 is 11.6 Å². The zero-order valence-corrected chi connectivity index (χ0v) is 12.7. The van der Waals surface area contributed by atoms with Crippen molar-refractivity contribution in [3.63, 3.8) is 0 Å². The first-order valence-electron chi connectivity index (χ1n) is 6.59. The minimum absolute atomic E-state index is 0.0244. The minimum atomic E-state index is -4.55. The van der Waals surface area contributed by atoms with E-state index in [9.17, 15) is 22.8 Å². The lowest BCUT2D eigenvalue weighted by Crippen LogP contribution is -2.16. The van der Waals surface area contributed by atoms with Crippen molar-refractivity contribution >= 4 is 29.2 Å². The van der Waals surface area contributed by atoms with Gasteiger partial charge in [-0.05, 0) is 18.2 Å². The van der Waals surface area contributed by atoms with E-state index in [0.717, 1.165) is 24.4 Å². The quantitative estimate of drug-likeness (QED) is 0.856. The number of nitrogens with one attached hydrogen (secondary N) is 1. The van der Waals surface area contributed by atoms with Crippen molar-refractivity contribution in [2.24, 2.45) is 0 Å². The van der Waals surface area contributed by atoms with Crippen LogP contribution in [0, 0.1) is 0 Å². The van der Waals surface area contributed by atoms with Crippen LogP contribution in [0.2, 0.25) is 5.02 Å². The fourth-order valence-electron chi connectivity index (χ4n) is 1.82. The lowest BCUT2D eigenvalue weighted by molar-refractivity contribution is -0.137. The number of nitrogens with zero attached hydrogens (tertiary/aromatic N) is 2. The molecular weight excluding hydrogens is 351 g/mol. The monoisotopic (exact) mass is 361 g/mol. The van der Waals surface area contributed by atoms with Crippen LogP contribution in [0.15, 0.2) is 30.6 Å². The van der Waals surface area contributed by atoms with Gasteiger partial charge in [0.05, 0.1) is 28.0 Å². The molecule has 2 rings (SSSR count). The molecule has 2 aromatic rings. The average molecular weight is 362 g/mol. The average Bonchev–Trinajstić information content (AvgIpc) is 2.95. The van der Waals surface area contributed by atoms with Gasteiger partial charge in [0.1, 0.15) is 0 Å². The fourth-order valence-corrected chi connectivity index (χ4v) is 1.99. The van der Waals surface area contributed by atoms with E-state index in [2.05, 4.69) is 10.4 Å². The third-order valence-electron chi connectivity index (χ3n) is 3.02. The third kappa shape index (κ3) is 4.48. The molecule has 1 aromatic heterocycles. The number of hydrogen-bond donors (Lipinski definition) is 2. The summed E-state index contributed by atoms with van der Waals surface area (Å²) < 4.78 is 39.2. The van der Waals surface area contributed by atoms with E-state index in [1.807, 2.05) is 0 Å². The van der Waals surface area contributed by atoms with E-state index in [-0.39, 0.29) is 29.2 Å². The van der Waals surface area contributed by atoms with Gasteiger partial charge < -0.3 is 10.4 Å². The number of carboxylic acids is 1. The van der Waals surface area contributed by atoms with Gasteiger partial charge in [-0.1, -0.05) is 11.6 Å². The summed E-state index contributed by atoms with van der Waals surface area (Å²) in [4.78, 5) is 22.5. The molecule has 128 valence electrons. The summed E-state index contributed by atoms with van der Waals surface area (Å²) in [6, 6.07) is 2.61. The van der Waals surface area contributed by atoms with Gasteiger partial charge in [0.25, 0.3) is 0 Å². The number of anilines is 1. The molecule has 1 heterocycles. The van der Waals surface area contributed by atoms with Crippen LogP contribution in [0.5, 0.6) is 0 Å². The standard InChI is InChI=1S/C14H11ClF3N3O3/c15-10-2-1-9(14(16,17)18)5-11(10)20-12(22)3-4-21-7-8(6-19-21)13(23)24/h1-2,5-7H,3-4H2,(H,20,22)(H,23,24). The topological polar surface area (TPSA) is 84.2 Å². The largest absolute Gasteiger partial charge is 0.478 e. The maximum atomic E-state index is 12.7. The summed E-state index contributed by atoms with van der Waals surface area (Å²) in [6.07, 6.45) is -2.30. The lowest BCUT2D eigenvalue weighted by Gasteiger charge is -2.11. The van der Waals surface area contributed by atoms with Gasteiger partial charge in [-0.3, -0.25) is 9.48 Å². The highest BCUT2D eigenvalue weighted by Crippen LogP contribution is 2.33. The number of aromatic nitrogens is 2. The van der Waals surface area contributed by atoms with Crippen LogP contribution in [-0.4, -0.2) is 26.8 Å². The first-order chi connectivity index (χ1) is 11.2. The third-order valence-corrected chi connectivity index (χ3v) is 3.35. The number of benzene rings is 1. The molecule has 24 heavy (non-hydrogen) atoms. The fraction of sp³-hybridized carbons (Fsp3) is 0.214. The molecule has 10 heteroatoms. The van der Waals surface area contributed by atoms with Crippen molar-refractivity contribution in [1.82, 2.24) is 9.78 Å². The number of aryl methyl sites for hydroxylation is 1. The zero-order valence-electron chi connectivity index (χ0n) is 12.0. The van der Waals surface area contributed by atoms with Crippen molar-refractivity contribution in [3.8, 4) is 0 Å². The Morgan fingerprint density at radius 3 is 2.62 bits per heavy atom. The SMILES string of the molecule is O=C(CCn1cc(C(=O)O)cn1)Nc1cc(C(F)(F)F)ccc1Cl. The van der Waals surface area contributed by atoms with Crippen LogP contribution in [0.1, 0.15) is 22.3 Å². The van der Waals surface area contributed by atoms with E-state index in [1.165, 1.54) is 10.9 Å². The number of carbonyl (C=O) groups excluding carboxylic acids is 1. The van der Waals surface area contributed by atoms with Crippen LogP contribution in [0.25, 0.3) is 0 Å². The highest BCUT2D eigenvalue weighted by molar-refractivity contribution is 6.33. The number of alkyl halides is 3. The molecule has 2 N–H and O–H groups in total. The summed E-state index contributed by atoms with van der Waals surface area (Å²) in [7, 11) is 0. The number of carboxylic acid groups (broad SMARTS) is 1.